The summed E-state index contributed by atoms with van der Waals surface area (Å²) in [6, 6.07) is 16.1. The van der Waals surface area contributed by atoms with E-state index >= 15 is 0 Å². The molecule has 2 aromatic carbocycles. The Labute approximate surface area is 166 Å². The van der Waals surface area contributed by atoms with Crippen molar-refractivity contribution in [1.82, 2.24) is 10.6 Å². The van der Waals surface area contributed by atoms with E-state index in [9.17, 15) is 9.59 Å². The fourth-order valence-electron chi connectivity index (χ4n) is 2.55. The zero-order valence-corrected chi connectivity index (χ0v) is 16.6. The fourth-order valence-corrected chi connectivity index (χ4v) is 2.55. The summed E-state index contributed by atoms with van der Waals surface area (Å²) in [5.74, 6) is 0.0877. The highest BCUT2D eigenvalue weighted by Crippen LogP contribution is 2.14. The van der Waals surface area contributed by atoms with Crippen molar-refractivity contribution < 1.29 is 19.2 Å². The second-order valence-corrected chi connectivity index (χ2v) is 6.72. The van der Waals surface area contributed by atoms with Crippen molar-refractivity contribution in [1.29, 1.82) is 0 Å². The topological polar surface area (TPSA) is 71.9 Å². The molecule has 0 spiro atoms. The van der Waals surface area contributed by atoms with E-state index in [1.54, 1.807) is 49.6 Å². The van der Waals surface area contributed by atoms with Crippen LogP contribution in [0.25, 0.3) is 6.08 Å². The summed E-state index contributed by atoms with van der Waals surface area (Å²) in [6.07, 6.45) is 2.52. The summed E-state index contributed by atoms with van der Waals surface area (Å²) >= 11 is 0. The SMILES string of the molecule is COc1ccc(/C=C(/NC(=O)c2ccccc2)C(=O)NCCC[NH+](C)C)cc1. The molecule has 0 atom stereocenters. The summed E-state index contributed by atoms with van der Waals surface area (Å²) in [5, 5.41) is 5.61. The zero-order chi connectivity index (χ0) is 20.4. The van der Waals surface area contributed by atoms with Gasteiger partial charge in [-0.2, -0.15) is 0 Å². The van der Waals surface area contributed by atoms with E-state index in [0.29, 0.717) is 12.1 Å². The molecule has 0 aliphatic heterocycles. The summed E-state index contributed by atoms with van der Waals surface area (Å²) < 4.78 is 5.16. The largest absolute Gasteiger partial charge is 0.497 e. The lowest BCUT2D eigenvalue weighted by atomic mass is 10.1. The van der Waals surface area contributed by atoms with Gasteiger partial charge in [-0.25, -0.2) is 0 Å². The number of nitrogens with one attached hydrogen (secondary N) is 3. The van der Waals surface area contributed by atoms with E-state index < -0.39 is 0 Å². The van der Waals surface area contributed by atoms with Gasteiger partial charge in [-0.15, -0.1) is 0 Å². The van der Waals surface area contributed by atoms with Crippen molar-refractivity contribution in [2.75, 3.05) is 34.3 Å². The van der Waals surface area contributed by atoms with E-state index in [0.717, 1.165) is 24.3 Å². The summed E-state index contributed by atoms with van der Waals surface area (Å²) in [5.41, 5.74) is 1.49. The smallest absolute Gasteiger partial charge is 0.267 e. The molecule has 6 nitrogen and oxygen atoms in total. The minimum atomic E-state index is -0.326. The average Bonchev–Trinajstić information content (AvgIpc) is 2.71. The van der Waals surface area contributed by atoms with E-state index in [2.05, 4.69) is 24.7 Å². The highest BCUT2D eigenvalue weighted by molar-refractivity contribution is 6.05. The van der Waals surface area contributed by atoms with Gasteiger partial charge in [-0.3, -0.25) is 9.59 Å². The van der Waals surface area contributed by atoms with Gasteiger partial charge in [0.15, 0.2) is 0 Å². The number of amides is 2. The molecule has 2 amide bonds. The maximum atomic E-state index is 12.7. The predicted octanol–water partition coefficient (Wildman–Crippen LogP) is 1.12. The number of quaternary nitrogens is 1. The molecular formula is C22H28N3O3+. The molecular weight excluding hydrogens is 354 g/mol. The lowest BCUT2D eigenvalue weighted by molar-refractivity contribution is -0.858. The summed E-state index contributed by atoms with van der Waals surface area (Å²) in [7, 11) is 5.73. The summed E-state index contributed by atoms with van der Waals surface area (Å²) in [4.78, 5) is 26.5. The molecule has 0 fully saturated rings. The molecule has 2 rings (SSSR count). The van der Waals surface area contributed by atoms with Crippen molar-refractivity contribution in [3.63, 3.8) is 0 Å². The van der Waals surface area contributed by atoms with Gasteiger partial charge in [0, 0.05) is 18.5 Å². The monoisotopic (exact) mass is 382 g/mol. The number of ether oxygens (including phenoxy) is 1. The maximum Gasteiger partial charge on any atom is 0.267 e. The van der Waals surface area contributed by atoms with E-state index in [-0.39, 0.29) is 17.5 Å². The lowest BCUT2D eigenvalue weighted by Crippen LogP contribution is -3.05. The Bertz CT molecular complexity index is 800. The molecule has 3 N–H and O–H groups in total. The molecule has 28 heavy (non-hydrogen) atoms. The first kappa shape index (κ1) is 21.2. The molecule has 0 radical (unpaired) electrons. The van der Waals surface area contributed by atoms with Crippen LogP contribution in [0.2, 0.25) is 0 Å². The quantitative estimate of drug-likeness (QED) is 0.450. The van der Waals surface area contributed by atoms with Crippen molar-refractivity contribution in [2.24, 2.45) is 0 Å². The Morgan fingerprint density at radius 1 is 1.04 bits per heavy atom. The van der Waals surface area contributed by atoms with Crippen molar-refractivity contribution in [2.45, 2.75) is 6.42 Å². The molecule has 6 heteroatoms. The van der Waals surface area contributed by atoms with Crippen LogP contribution in [0.1, 0.15) is 22.3 Å². The molecule has 148 valence electrons. The van der Waals surface area contributed by atoms with Crippen LogP contribution in [0.3, 0.4) is 0 Å². The second-order valence-electron chi connectivity index (χ2n) is 6.72. The van der Waals surface area contributed by atoms with Crippen LogP contribution in [-0.4, -0.2) is 46.1 Å². The van der Waals surface area contributed by atoms with Crippen molar-refractivity contribution >= 4 is 17.9 Å². The molecule has 0 aliphatic carbocycles. The number of hydrogen-bond donors (Lipinski definition) is 3. The van der Waals surface area contributed by atoms with Gasteiger partial charge in [0.2, 0.25) is 0 Å². The van der Waals surface area contributed by atoms with Crippen molar-refractivity contribution in [3.8, 4) is 5.75 Å². The van der Waals surface area contributed by atoms with Gasteiger partial charge >= 0.3 is 0 Å². The highest BCUT2D eigenvalue weighted by Gasteiger charge is 2.14. The predicted molar refractivity (Wildman–Crippen MR) is 110 cm³/mol. The zero-order valence-electron chi connectivity index (χ0n) is 16.6. The normalized spacial score (nSPS) is 11.2. The number of rotatable bonds is 9. The Morgan fingerprint density at radius 2 is 1.71 bits per heavy atom. The van der Waals surface area contributed by atoms with Gasteiger partial charge in [0.05, 0.1) is 27.7 Å². The molecule has 0 aromatic heterocycles. The molecule has 0 heterocycles. The number of carbonyl (C=O) groups is 2. The minimum Gasteiger partial charge on any atom is -0.497 e. The van der Waals surface area contributed by atoms with Gasteiger partial charge in [0.25, 0.3) is 11.8 Å². The minimum absolute atomic E-state index is 0.205. The van der Waals surface area contributed by atoms with Crippen LogP contribution in [0, 0.1) is 0 Å². The number of carbonyl (C=O) groups excluding carboxylic acids is 2. The standard InChI is InChI=1S/C22H27N3O3/c1-25(2)15-7-14-23-22(27)20(16-17-10-12-19(28-3)13-11-17)24-21(26)18-8-5-4-6-9-18/h4-6,8-13,16H,7,14-15H2,1-3H3,(H,23,27)(H,24,26)/p+1/b20-16+. The first-order valence-corrected chi connectivity index (χ1v) is 9.29. The number of methoxy groups -OCH3 is 1. The molecule has 0 saturated carbocycles. The van der Waals surface area contributed by atoms with Crippen LogP contribution < -0.4 is 20.3 Å². The molecule has 0 bridgehead atoms. The Hall–Kier alpha value is -3.12. The number of benzene rings is 2. The molecule has 0 unspecified atom stereocenters. The van der Waals surface area contributed by atoms with Crippen LogP contribution in [0.5, 0.6) is 5.75 Å². The van der Waals surface area contributed by atoms with E-state index in [1.165, 1.54) is 4.90 Å². The van der Waals surface area contributed by atoms with Crippen LogP contribution >= 0.6 is 0 Å². The first-order chi connectivity index (χ1) is 13.5. The summed E-state index contributed by atoms with van der Waals surface area (Å²) in [6.45, 7) is 1.50. The highest BCUT2D eigenvalue weighted by atomic mass is 16.5. The maximum absolute atomic E-state index is 12.7. The Kier molecular flexibility index (Phi) is 8.24. The molecule has 2 aromatic rings. The van der Waals surface area contributed by atoms with Crippen LogP contribution in [0.4, 0.5) is 0 Å². The van der Waals surface area contributed by atoms with Gasteiger partial charge in [-0.1, -0.05) is 30.3 Å². The Morgan fingerprint density at radius 3 is 2.32 bits per heavy atom. The van der Waals surface area contributed by atoms with Gasteiger partial charge in [0.1, 0.15) is 11.4 Å². The van der Waals surface area contributed by atoms with Gasteiger partial charge < -0.3 is 20.3 Å². The third kappa shape index (κ3) is 6.89. The fraction of sp³-hybridized carbons (Fsp3) is 0.273. The van der Waals surface area contributed by atoms with Crippen LogP contribution in [0.15, 0.2) is 60.3 Å². The van der Waals surface area contributed by atoms with Gasteiger partial charge in [-0.05, 0) is 35.9 Å². The van der Waals surface area contributed by atoms with Crippen molar-refractivity contribution in [3.05, 3.63) is 71.4 Å². The second kappa shape index (κ2) is 10.9. The first-order valence-electron chi connectivity index (χ1n) is 9.29. The third-order valence-electron chi connectivity index (χ3n) is 4.09. The number of hydrogen-bond acceptors (Lipinski definition) is 3. The third-order valence-corrected chi connectivity index (χ3v) is 4.09. The van der Waals surface area contributed by atoms with E-state index in [4.69, 9.17) is 4.74 Å². The average molecular weight is 382 g/mol. The lowest BCUT2D eigenvalue weighted by Gasteiger charge is -2.12. The Balaban J connectivity index is 2.15. The van der Waals surface area contributed by atoms with Crippen LogP contribution in [-0.2, 0) is 4.79 Å². The molecule has 0 aliphatic rings. The molecule has 0 saturated heterocycles. The van der Waals surface area contributed by atoms with E-state index in [1.807, 2.05) is 18.2 Å².